The van der Waals surface area contributed by atoms with Gasteiger partial charge in [-0.3, -0.25) is 0 Å². The second kappa shape index (κ2) is 8.63. The summed E-state index contributed by atoms with van der Waals surface area (Å²) >= 11 is 0. The van der Waals surface area contributed by atoms with E-state index in [2.05, 4.69) is 4.74 Å². The summed E-state index contributed by atoms with van der Waals surface area (Å²) in [6.07, 6.45) is 3.24. The maximum atomic E-state index is 11.1. The van der Waals surface area contributed by atoms with E-state index in [0.29, 0.717) is 23.7 Å². The summed E-state index contributed by atoms with van der Waals surface area (Å²) in [5, 5.41) is 8.67. The average molecular weight is 294 g/mol. The zero-order valence-corrected chi connectivity index (χ0v) is 12.0. The molecule has 0 unspecified atom stereocenters. The SMILES string of the molecule is CCCOc1ccc(/C=C/C(=O)O)c(OCC(=O)OC)c1. The maximum absolute atomic E-state index is 11.1. The quantitative estimate of drug-likeness (QED) is 0.584. The number of carbonyl (C=O) groups is 2. The molecule has 0 heterocycles. The largest absolute Gasteiger partial charge is 0.493 e. The van der Waals surface area contributed by atoms with E-state index in [1.165, 1.54) is 13.2 Å². The second-order valence-electron chi connectivity index (χ2n) is 4.08. The first-order chi connectivity index (χ1) is 10.1. The lowest BCUT2D eigenvalue weighted by atomic mass is 10.1. The number of benzene rings is 1. The van der Waals surface area contributed by atoms with Crippen molar-refractivity contribution in [2.45, 2.75) is 13.3 Å². The predicted octanol–water partition coefficient (Wildman–Crippen LogP) is 2.12. The van der Waals surface area contributed by atoms with E-state index in [1.807, 2.05) is 6.92 Å². The van der Waals surface area contributed by atoms with E-state index in [4.69, 9.17) is 14.6 Å². The fourth-order valence-corrected chi connectivity index (χ4v) is 1.44. The van der Waals surface area contributed by atoms with Gasteiger partial charge >= 0.3 is 11.9 Å². The second-order valence-corrected chi connectivity index (χ2v) is 4.08. The van der Waals surface area contributed by atoms with Crippen molar-refractivity contribution in [3.05, 3.63) is 29.8 Å². The zero-order valence-electron chi connectivity index (χ0n) is 12.0. The summed E-state index contributed by atoms with van der Waals surface area (Å²) in [6.45, 7) is 2.28. The van der Waals surface area contributed by atoms with E-state index >= 15 is 0 Å². The van der Waals surface area contributed by atoms with Gasteiger partial charge in [0.25, 0.3) is 0 Å². The van der Waals surface area contributed by atoms with Crippen molar-refractivity contribution in [2.75, 3.05) is 20.3 Å². The summed E-state index contributed by atoms with van der Waals surface area (Å²) in [5.41, 5.74) is 0.533. The van der Waals surface area contributed by atoms with Gasteiger partial charge in [-0.05, 0) is 24.6 Å². The van der Waals surface area contributed by atoms with Crippen LogP contribution in [-0.2, 0) is 14.3 Å². The topological polar surface area (TPSA) is 82.1 Å². The normalized spacial score (nSPS) is 10.4. The van der Waals surface area contributed by atoms with Crippen molar-refractivity contribution in [3.8, 4) is 11.5 Å². The molecule has 6 heteroatoms. The molecule has 0 aliphatic heterocycles. The van der Waals surface area contributed by atoms with Crippen molar-refractivity contribution in [1.82, 2.24) is 0 Å². The van der Waals surface area contributed by atoms with Crippen molar-refractivity contribution in [3.63, 3.8) is 0 Å². The highest BCUT2D eigenvalue weighted by atomic mass is 16.6. The molecular weight excluding hydrogens is 276 g/mol. The van der Waals surface area contributed by atoms with Crippen LogP contribution in [0.15, 0.2) is 24.3 Å². The highest BCUT2D eigenvalue weighted by molar-refractivity contribution is 5.86. The molecule has 21 heavy (non-hydrogen) atoms. The molecule has 0 aromatic heterocycles. The van der Waals surface area contributed by atoms with E-state index in [-0.39, 0.29) is 6.61 Å². The van der Waals surface area contributed by atoms with E-state index < -0.39 is 11.9 Å². The minimum Gasteiger partial charge on any atom is -0.493 e. The molecule has 1 N–H and O–H groups in total. The van der Waals surface area contributed by atoms with Crippen LogP contribution in [0.1, 0.15) is 18.9 Å². The number of ether oxygens (including phenoxy) is 3. The lowest BCUT2D eigenvalue weighted by Crippen LogP contribution is -2.13. The first kappa shape index (κ1) is 16.6. The van der Waals surface area contributed by atoms with Gasteiger partial charge in [0, 0.05) is 17.7 Å². The molecule has 0 atom stereocenters. The Labute approximate surface area is 122 Å². The average Bonchev–Trinajstić information content (AvgIpc) is 2.49. The first-order valence-corrected chi connectivity index (χ1v) is 6.44. The van der Waals surface area contributed by atoms with Crippen LogP contribution in [0.3, 0.4) is 0 Å². The monoisotopic (exact) mass is 294 g/mol. The van der Waals surface area contributed by atoms with Crippen molar-refractivity contribution in [1.29, 1.82) is 0 Å². The Balaban J connectivity index is 2.94. The summed E-state index contributed by atoms with van der Waals surface area (Å²) in [5.74, 6) is -0.654. The van der Waals surface area contributed by atoms with Crippen LogP contribution in [0.4, 0.5) is 0 Å². The van der Waals surface area contributed by atoms with Gasteiger partial charge in [-0.25, -0.2) is 9.59 Å². The summed E-state index contributed by atoms with van der Waals surface area (Å²) in [7, 11) is 1.26. The van der Waals surface area contributed by atoms with Crippen molar-refractivity contribution in [2.24, 2.45) is 0 Å². The van der Waals surface area contributed by atoms with Gasteiger partial charge in [-0.2, -0.15) is 0 Å². The number of carbonyl (C=O) groups excluding carboxylic acids is 1. The minimum atomic E-state index is -1.07. The molecule has 6 nitrogen and oxygen atoms in total. The molecule has 1 aromatic carbocycles. The molecule has 0 bridgehead atoms. The smallest absolute Gasteiger partial charge is 0.343 e. The lowest BCUT2D eigenvalue weighted by molar-refractivity contribution is -0.143. The third-order valence-electron chi connectivity index (χ3n) is 2.44. The Hall–Kier alpha value is -2.50. The summed E-state index contributed by atoms with van der Waals surface area (Å²) in [6, 6.07) is 4.99. The Bertz CT molecular complexity index is 521. The van der Waals surface area contributed by atoms with Crippen molar-refractivity contribution < 1.29 is 28.9 Å². The van der Waals surface area contributed by atoms with Crippen LogP contribution in [0.2, 0.25) is 0 Å². The molecule has 1 aromatic rings. The predicted molar refractivity (Wildman–Crippen MR) is 76.4 cm³/mol. The summed E-state index contributed by atoms with van der Waals surface area (Å²) < 4.78 is 15.3. The van der Waals surface area contributed by atoms with Gasteiger partial charge in [0.2, 0.25) is 0 Å². The zero-order chi connectivity index (χ0) is 15.7. The Morgan fingerprint density at radius 1 is 1.29 bits per heavy atom. The van der Waals surface area contributed by atoms with Crippen LogP contribution in [0.25, 0.3) is 6.08 Å². The van der Waals surface area contributed by atoms with Gasteiger partial charge in [-0.15, -0.1) is 0 Å². The van der Waals surface area contributed by atoms with Gasteiger partial charge in [0.05, 0.1) is 13.7 Å². The number of carboxylic acid groups (broad SMARTS) is 1. The van der Waals surface area contributed by atoms with Crippen LogP contribution >= 0.6 is 0 Å². The molecule has 0 fully saturated rings. The van der Waals surface area contributed by atoms with Gasteiger partial charge in [0.1, 0.15) is 11.5 Å². The van der Waals surface area contributed by atoms with E-state index in [1.54, 1.807) is 18.2 Å². The number of hydrogen-bond acceptors (Lipinski definition) is 5. The fourth-order valence-electron chi connectivity index (χ4n) is 1.44. The molecule has 0 amide bonds. The molecule has 0 aliphatic rings. The number of aliphatic carboxylic acids is 1. The number of esters is 1. The molecule has 114 valence electrons. The molecule has 0 aliphatic carbocycles. The molecule has 0 saturated heterocycles. The Morgan fingerprint density at radius 2 is 2.05 bits per heavy atom. The van der Waals surface area contributed by atoms with E-state index in [9.17, 15) is 9.59 Å². The standard InChI is InChI=1S/C15H18O6/c1-3-8-20-12-6-4-11(5-7-14(16)17)13(9-12)21-10-15(18)19-2/h4-7,9H,3,8,10H2,1-2H3,(H,16,17)/b7-5+. The van der Waals surface area contributed by atoms with Crippen LogP contribution in [0.5, 0.6) is 11.5 Å². The highest BCUT2D eigenvalue weighted by Gasteiger charge is 2.08. The maximum Gasteiger partial charge on any atom is 0.343 e. The molecule has 0 spiro atoms. The van der Waals surface area contributed by atoms with E-state index in [0.717, 1.165) is 12.5 Å². The third kappa shape index (κ3) is 5.99. The number of hydrogen-bond donors (Lipinski definition) is 1. The Morgan fingerprint density at radius 3 is 2.67 bits per heavy atom. The van der Waals surface area contributed by atoms with Gasteiger partial charge in [0.15, 0.2) is 6.61 Å². The van der Waals surface area contributed by atoms with Gasteiger partial charge in [-0.1, -0.05) is 6.92 Å². The molecule has 0 radical (unpaired) electrons. The van der Waals surface area contributed by atoms with Crippen LogP contribution in [-0.4, -0.2) is 37.4 Å². The number of rotatable bonds is 8. The molecule has 1 rings (SSSR count). The molecule has 0 saturated carbocycles. The van der Waals surface area contributed by atoms with Crippen molar-refractivity contribution >= 4 is 18.0 Å². The summed E-state index contributed by atoms with van der Waals surface area (Å²) in [4.78, 5) is 21.7. The fraction of sp³-hybridized carbons (Fsp3) is 0.333. The van der Waals surface area contributed by atoms with Crippen LogP contribution in [0, 0.1) is 0 Å². The minimum absolute atomic E-state index is 0.262. The number of carboxylic acids is 1. The molecular formula is C15H18O6. The van der Waals surface area contributed by atoms with Gasteiger partial charge < -0.3 is 19.3 Å². The highest BCUT2D eigenvalue weighted by Crippen LogP contribution is 2.26. The Kier molecular flexibility index (Phi) is 6.80. The lowest BCUT2D eigenvalue weighted by Gasteiger charge is -2.11. The third-order valence-corrected chi connectivity index (χ3v) is 2.44. The number of methoxy groups -OCH3 is 1. The first-order valence-electron chi connectivity index (χ1n) is 6.44. The van der Waals surface area contributed by atoms with Crippen LogP contribution < -0.4 is 9.47 Å².